The van der Waals surface area contributed by atoms with Crippen molar-refractivity contribution in [1.29, 1.82) is 0 Å². The Balaban J connectivity index is 1.91. The molecule has 0 aromatic heterocycles. The number of nitrogen functional groups attached to an aromatic ring is 1. The molecular weight excluding hydrogens is 296 g/mol. The van der Waals surface area contributed by atoms with Crippen LogP contribution < -0.4 is 11.2 Å². The first kappa shape index (κ1) is 15.9. The second-order valence-corrected chi connectivity index (χ2v) is 4.55. The van der Waals surface area contributed by atoms with E-state index in [2.05, 4.69) is 10.5 Å². The lowest BCUT2D eigenvalue weighted by molar-refractivity contribution is -0.384. The summed E-state index contributed by atoms with van der Waals surface area (Å²) in [5, 5.41) is 14.4. The Morgan fingerprint density at radius 1 is 1.22 bits per heavy atom. The number of hydrogen-bond acceptors (Lipinski definition) is 5. The van der Waals surface area contributed by atoms with Crippen molar-refractivity contribution in [3.8, 4) is 0 Å². The van der Waals surface area contributed by atoms with E-state index in [1.807, 2.05) is 0 Å². The zero-order valence-electron chi connectivity index (χ0n) is 12.0. The highest BCUT2D eigenvalue weighted by atomic mass is 16.6. The molecule has 0 fully saturated rings. The van der Waals surface area contributed by atoms with Gasteiger partial charge in [0.2, 0.25) is 0 Å². The van der Waals surface area contributed by atoms with Gasteiger partial charge in [-0.05, 0) is 35.9 Å². The molecule has 7 heteroatoms. The van der Waals surface area contributed by atoms with Crippen molar-refractivity contribution in [2.24, 2.45) is 5.10 Å². The molecule has 0 spiro atoms. The van der Waals surface area contributed by atoms with Gasteiger partial charge in [0, 0.05) is 29.6 Å². The number of nitrogens with zero attached hydrogens (tertiary/aromatic N) is 2. The second-order valence-electron chi connectivity index (χ2n) is 4.55. The highest BCUT2D eigenvalue weighted by molar-refractivity contribution is 5.95. The Bertz CT molecular complexity index is 767. The molecule has 0 aliphatic carbocycles. The van der Waals surface area contributed by atoms with Crippen molar-refractivity contribution in [1.82, 2.24) is 5.43 Å². The van der Waals surface area contributed by atoms with Crippen LogP contribution in [0, 0.1) is 10.1 Å². The normalized spacial score (nSPS) is 11.0. The number of amides is 1. The fraction of sp³-hybridized carbons (Fsp3) is 0. The molecule has 0 aliphatic heterocycles. The van der Waals surface area contributed by atoms with E-state index in [1.165, 1.54) is 18.3 Å². The summed E-state index contributed by atoms with van der Waals surface area (Å²) in [6.45, 7) is 0. The molecule has 3 N–H and O–H groups in total. The molecule has 7 nitrogen and oxygen atoms in total. The summed E-state index contributed by atoms with van der Waals surface area (Å²) in [5.74, 6) is -0.356. The van der Waals surface area contributed by atoms with Gasteiger partial charge in [0.05, 0.1) is 4.92 Å². The molecule has 0 bridgehead atoms. The van der Waals surface area contributed by atoms with E-state index >= 15 is 0 Å². The summed E-state index contributed by atoms with van der Waals surface area (Å²) in [4.78, 5) is 21.9. The average molecular weight is 310 g/mol. The van der Waals surface area contributed by atoms with E-state index in [0.29, 0.717) is 16.8 Å². The van der Waals surface area contributed by atoms with Crippen LogP contribution in [-0.4, -0.2) is 17.0 Å². The van der Waals surface area contributed by atoms with Crippen LogP contribution >= 0.6 is 0 Å². The monoisotopic (exact) mass is 310 g/mol. The first-order chi connectivity index (χ1) is 11.1. The van der Waals surface area contributed by atoms with E-state index in [1.54, 1.807) is 48.6 Å². The molecule has 0 unspecified atom stereocenters. The van der Waals surface area contributed by atoms with E-state index < -0.39 is 4.92 Å². The number of nitrogens with two attached hydrogens (primary N) is 1. The standard InChI is InChI=1S/C16H14N4O3/c17-14-8-6-13(7-9-14)16(21)19-18-10-2-4-12-3-1-5-15(11-12)20(22)23/h1-11H,17H2,(H,19,21)/b4-2+,18-10?. The fourth-order valence-electron chi connectivity index (χ4n) is 1.73. The third kappa shape index (κ3) is 4.78. The largest absolute Gasteiger partial charge is 0.399 e. The molecule has 0 heterocycles. The van der Waals surface area contributed by atoms with Crippen molar-refractivity contribution >= 4 is 29.6 Å². The molecule has 0 radical (unpaired) electrons. The predicted octanol–water partition coefficient (Wildman–Crippen LogP) is 2.61. The first-order valence-corrected chi connectivity index (χ1v) is 6.66. The van der Waals surface area contributed by atoms with Crippen molar-refractivity contribution in [2.45, 2.75) is 0 Å². The zero-order chi connectivity index (χ0) is 16.7. The number of carbonyl (C=O) groups excluding carboxylic acids is 1. The molecule has 23 heavy (non-hydrogen) atoms. The van der Waals surface area contributed by atoms with Gasteiger partial charge in [-0.1, -0.05) is 18.2 Å². The van der Waals surface area contributed by atoms with Gasteiger partial charge in [0.15, 0.2) is 0 Å². The highest BCUT2D eigenvalue weighted by Gasteiger charge is 2.03. The molecule has 2 rings (SSSR count). The van der Waals surface area contributed by atoms with Gasteiger partial charge >= 0.3 is 0 Å². The number of hydrazone groups is 1. The number of hydrogen-bond donors (Lipinski definition) is 2. The molecule has 0 saturated heterocycles. The predicted molar refractivity (Wildman–Crippen MR) is 88.9 cm³/mol. The number of nitro groups is 1. The van der Waals surface area contributed by atoms with Gasteiger partial charge < -0.3 is 5.73 Å². The van der Waals surface area contributed by atoms with Crippen LogP contribution in [0.15, 0.2) is 59.7 Å². The van der Waals surface area contributed by atoms with Crippen LogP contribution in [-0.2, 0) is 0 Å². The number of allylic oxidation sites excluding steroid dienone is 1. The molecule has 0 aliphatic rings. The van der Waals surface area contributed by atoms with E-state index in [4.69, 9.17) is 5.73 Å². The smallest absolute Gasteiger partial charge is 0.271 e. The summed E-state index contributed by atoms with van der Waals surface area (Å²) in [7, 11) is 0. The number of rotatable bonds is 5. The van der Waals surface area contributed by atoms with Crippen LogP contribution in [0.4, 0.5) is 11.4 Å². The van der Waals surface area contributed by atoms with Crippen LogP contribution in [0.5, 0.6) is 0 Å². The van der Waals surface area contributed by atoms with Gasteiger partial charge in [0.1, 0.15) is 0 Å². The second kappa shape index (κ2) is 7.51. The number of nitro benzene ring substituents is 1. The molecule has 116 valence electrons. The maximum atomic E-state index is 11.7. The van der Waals surface area contributed by atoms with E-state index in [-0.39, 0.29) is 11.6 Å². The van der Waals surface area contributed by atoms with Crippen LogP contribution in [0.3, 0.4) is 0 Å². The lowest BCUT2D eigenvalue weighted by Gasteiger charge is -1.99. The average Bonchev–Trinajstić information content (AvgIpc) is 2.55. The molecular formula is C16H14N4O3. The minimum atomic E-state index is -0.460. The topological polar surface area (TPSA) is 111 Å². The fourth-order valence-corrected chi connectivity index (χ4v) is 1.73. The Morgan fingerprint density at radius 2 is 1.96 bits per heavy atom. The Kier molecular flexibility index (Phi) is 5.19. The maximum Gasteiger partial charge on any atom is 0.271 e. The van der Waals surface area contributed by atoms with Gasteiger partial charge in [0.25, 0.3) is 11.6 Å². The minimum absolute atomic E-state index is 0.0146. The third-order valence-corrected chi connectivity index (χ3v) is 2.87. The van der Waals surface area contributed by atoms with Gasteiger partial charge in [-0.25, -0.2) is 5.43 Å². The Hall–Kier alpha value is -3.48. The molecule has 1 amide bonds. The number of carbonyl (C=O) groups is 1. The maximum absolute atomic E-state index is 11.7. The zero-order valence-corrected chi connectivity index (χ0v) is 12.0. The summed E-state index contributed by atoms with van der Waals surface area (Å²) >= 11 is 0. The summed E-state index contributed by atoms with van der Waals surface area (Å²) in [5.41, 5.74) is 9.60. The van der Waals surface area contributed by atoms with E-state index in [0.717, 1.165) is 0 Å². The molecule has 0 atom stereocenters. The Morgan fingerprint density at radius 3 is 2.65 bits per heavy atom. The first-order valence-electron chi connectivity index (χ1n) is 6.66. The summed E-state index contributed by atoms with van der Waals surface area (Å²) in [6, 6.07) is 12.6. The minimum Gasteiger partial charge on any atom is -0.399 e. The number of benzene rings is 2. The molecule has 2 aromatic carbocycles. The number of non-ortho nitro benzene ring substituents is 1. The van der Waals surface area contributed by atoms with Crippen molar-refractivity contribution < 1.29 is 9.72 Å². The Labute approximate surface area is 132 Å². The quantitative estimate of drug-likeness (QED) is 0.382. The van der Waals surface area contributed by atoms with Crippen molar-refractivity contribution in [3.63, 3.8) is 0 Å². The van der Waals surface area contributed by atoms with Crippen LogP contribution in [0.2, 0.25) is 0 Å². The van der Waals surface area contributed by atoms with Crippen molar-refractivity contribution in [3.05, 3.63) is 75.8 Å². The molecule has 0 saturated carbocycles. The van der Waals surface area contributed by atoms with Gasteiger partial charge in [-0.15, -0.1) is 0 Å². The summed E-state index contributed by atoms with van der Waals surface area (Å²) < 4.78 is 0. The van der Waals surface area contributed by atoms with Crippen LogP contribution in [0.25, 0.3) is 6.08 Å². The van der Waals surface area contributed by atoms with E-state index in [9.17, 15) is 14.9 Å². The number of nitrogens with one attached hydrogen (secondary N) is 1. The molecule has 2 aromatic rings. The van der Waals surface area contributed by atoms with Gasteiger partial charge in [-0.3, -0.25) is 14.9 Å². The third-order valence-electron chi connectivity index (χ3n) is 2.87. The van der Waals surface area contributed by atoms with Gasteiger partial charge in [-0.2, -0.15) is 5.10 Å². The van der Waals surface area contributed by atoms with Crippen LogP contribution in [0.1, 0.15) is 15.9 Å². The highest BCUT2D eigenvalue weighted by Crippen LogP contribution is 2.13. The lowest BCUT2D eigenvalue weighted by atomic mass is 10.2. The SMILES string of the molecule is Nc1ccc(C(=O)NN=C/C=C/c2cccc([N+](=O)[O-])c2)cc1. The van der Waals surface area contributed by atoms with Crippen molar-refractivity contribution in [2.75, 3.05) is 5.73 Å². The summed E-state index contributed by atoms with van der Waals surface area (Å²) in [6.07, 6.45) is 4.60. The lowest BCUT2D eigenvalue weighted by Crippen LogP contribution is -2.17. The number of anilines is 1.